The second kappa shape index (κ2) is 5.87. The zero-order chi connectivity index (χ0) is 14.8. The minimum Gasteiger partial charge on any atom is -0.383 e. The minimum atomic E-state index is 0.395. The van der Waals surface area contributed by atoms with Crippen molar-refractivity contribution in [2.75, 3.05) is 11.1 Å². The van der Waals surface area contributed by atoms with Crippen LogP contribution in [-0.2, 0) is 6.54 Å². The van der Waals surface area contributed by atoms with Crippen molar-refractivity contribution in [2.45, 2.75) is 6.54 Å². The van der Waals surface area contributed by atoms with Crippen molar-refractivity contribution >= 4 is 49.8 Å². The molecule has 4 nitrogen and oxygen atoms in total. The van der Waals surface area contributed by atoms with Gasteiger partial charge in [-0.15, -0.1) is 0 Å². The first-order chi connectivity index (χ1) is 10.1. The molecule has 1 aromatic carbocycles. The molecule has 6 heteroatoms. The van der Waals surface area contributed by atoms with Crippen LogP contribution in [0.5, 0.6) is 0 Å². The number of fused-ring (bicyclic) bond motifs is 1. The zero-order valence-corrected chi connectivity index (χ0v) is 13.3. The average molecular weight is 364 g/mol. The highest BCUT2D eigenvalue weighted by Crippen LogP contribution is 2.33. The number of benzene rings is 1. The van der Waals surface area contributed by atoms with Gasteiger partial charge < -0.3 is 11.1 Å². The van der Waals surface area contributed by atoms with E-state index >= 15 is 0 Å². The van der Waals surface area contributed by atoms with E-state index in [1.165, 1.54) is 0 Å². The molecule has 106 valence electrons. The van der Waals surface area contributed by atoms with Gasteiger partial charge in [-0.2, -0.15) is 0 Å². The van der Waals surface area contributed by atoms with Crippen molar-refractivity contribution in [1.29, 1.82) is 0 Å². The van der Waals surface area contributed by atoms with Crippen molar-refractivity contribution in [3.63, 3.8) is 0 Å². The number of nitrogens with zero attached hydrogens (tertiary/aromatic N) is 2. The van der Waals surface area contributed by atoms with Crippen molar-refractivity contribution in [3.8, 4) is 0 Å². The van der Waals surface area contributed by atoms with E-state index in [1.807, 2.05) is 24.3 Å². The Morgan fingerprint density at radius 2 is 1.90 bits per heavy atom. The first-order valence-electron chi connectivity index (χ1n) is 6.32. The lowest BCUT2D eigenvalue weighted by Gasteiger charge is -2.10. The van der Waals surface area contributed by atoms with Crippen LogP contribution >= 0.6 is 27.5 Å². The highest BCUT2D eigenvalue weighted by Gasteiger charge is 2.09. The van der Waals surface area contributed by atoms with Gasteiger partial charge in [0.1, 0.15) is 11.0 Å². The number of halogens is 2. The number of hydrogen-bond donors (Lipinski definition) is 2. The van der Waals surface area contributed by atoms with Gasteiger partial charge in [-0.05, 0) is 39.7 Å². The summed E-state index contributed by atoms with van der Waals surface area (Å²) in [6.07, 6.45) is 3.51. The summed E-state index contributed by atoms with van der Waals surface area (Å²) in [7, 11) is 0. The maximum Gasteiger partial charge on any atom is 0.140 e. The molecule has 0 amide bonds. The standard InChI is InChI=1S/C15H12BrClN4/c16-13-12-7-9(8-20-10-3-5-19-6-4-10)1-2-11(12)14(17)21-15(13)18/h1-7H,8H2,(H2,18,21)(H,19,20). The topological polar surface area (TPSA) is 63.8 Å². The molecule has 0 fully saturated rings. The summed E-state index contributed by atoms with van der Waals surface area (Å²) >= 11 is 9.60. The van der Waals surface area contributed by atoms with E-state index in [0.717, 1.165) is 26.5 Å². The Morgan fingerprint density at radius 3 is 2.67 bits per heavy atom. The maximum atomic E-state index is 6.13. The number of nitrogens with two attached hydrogens (primary N) is 1. The molecule has 21 heavy (non-hydrogen) atoms. The lowest BCUT2D eigenvalue weighted by atomic mass is 10.1. The van der Waals surface area contributed by atoms with Gasteiger partial charge in [0.15, 0.2) is 0 Å². The number of nitrogen functional groups attached to an aromatic ring is 1. The number of hydrogen-bond acceptors (Lipinski definition) is 4. The predicted molar refractivity (Wildman–Crippen MR) is 90.4 cm³/mol. The van der Waals surface area contributed by atoms with Gasteiger partial charge in [-0.1, -0.05) is 23.7 Å². The monoisotopic (exact) mass is 362 g/mol. The van der Waals surface area contributed by atoms with Gasteiger partial charge in [0.05, 0.1) is 4.47 Å². The van der Waals surface area contributed by atoms with E-state index in [1.54, 1.807) is 12.4 Å². The summed E-state index contributed by atoms with van der Waals surface area (Å²) in [6.45, 7) is 0.701. The lowest BCUT2D eigenvalue weighted by Crippen LogP contribution is -2.00. The summed E-state index contributed by atoms with van der Waals surface area (Å²) < 4.78 is 0.771. The molecule has 2 aromatic heterocycles. The van der Waals surface area contributed by atoms with E-state index in [9.17, 15) is 0 Å². The third-order valence-electron chi connectivity index (χ3n) is 3.16. The van der Waals surface area contributed by atoms with Crippen molar-refractivity contribution in [3.05, 3.63) is 57.9 Å². The Balaban J connectivity index is 1.92. The minimum absolute atomic E-state index is 0.395. The Kier molecular flexibility index (Phi) is 3.94. The van der Waals surface area contributed by atoms with E-state index in [0.29, 0.717) is 17.5 Å². The number of anilines is 2. The molecule has 2 heterocycles. The molecule has 3 N–H and O–H groups in total. The lowest BCUT2D eigenvalue weighted by molar-refractivity contribution is 1.15. The molecular weight excluding hydrogens is 352 g/mol. The van der Waals surface area contributed by atoms with Crippen LogP contribution in [0.4, 0.5) is 11.5 Å². The Bertz CT molecular complexity index is 793. The molecular formula is C15H12BrClN4. The molecule has 3 rings (SSSR count). The molecule has 0 spiro atoms. The summed E-state index contributed by atoms with van der Waals surface area (Å²) in [6, 6.07) is 9.88. The smallest absolute Gasteiger partial charge is 0.140 e. The molecule has 0 aliphatic carbocycles. The molecule has 0 saturated heterocycles. The van der Waals surface area contributed by atoms with Crippen molar-refractivity contribution in [1.82, 2.24) is 9.97 Å². The second-order valence-corrected chi connectivity index (χ2v) is 5.72. The van der Waals surface area contributed by atoms with Gasteiger partial charge >= 0.3 is 0 Å². The largest absolute Gasteiger partial charge is 0.383 e. The first kappa shape index (κ1) is 14.1. The van der Waals surface area contributed by atoms with Gasteiger partial charge in [0, 0.05) is 35.4 Å². The van der Waals surface area contributed by atoms with Crippen LogP contribution in [0, 0.1) is 0 Å². The van der Waals surface area contributed by atoms with Crippen LogP contribution in [0.2, 0.25) is 5.15 Å². The third-order valence-corrected chi connectivity index (χ3v) is 4.28. The normalized spacial score (nSPS) is 10.8. The van der Waals surface area contributed by atoms with Crippen LogP contribution in [0.25, 0.3) is 10.8 Å². The van der Waals surface area contributed by atoms with Crippen molar-refractivity contribution < 1.29 is 0 Å². The van der Waals surface area contributed by atoms with Crippen LogP contribution in [0.1, 0.15) is 5.56 Å². The third kappa shape index (κ3) is 2.94. The molecule has 0 radical (unpaired) electrons. The van der Waals surface area contributed by atoms with Gasteiger partial charge in [-0.3, -0.25) is 4.98 Å². The van der Waals surface area contributed by atoms with Gasteiger partial charge in [0.2, 0.25) is 0 Å². The molecule has 0 aliphatic heterocycles. The first-order valence-corrected chi connectivity index (χ1v) is 7.49. The van der Waals surface area contributed by atoms with Crippen molar-refractivity contribution in [2.24, 2.45) is 0 Å². The Morgan fingerprint density at radius 1 is 1.14 bits per heavy atom. The number of pyridine rings is 2. The SMILES string of the molecule is Nc1nc(Cl)c2ccc(CNc3ccncc3)cc2c1Br. The Labute approximate surface area is 135 Å². The molecule has 0 unspecified atom stereocenters. The number of aromatic nitrogens is 2. The summed E-state index contributed by atoms with van der Waals surface area (Å²) in [4.78, 5) is 8.09. The van der Waals surface area contributed by atoms with E-state index < -0.39 is 0 Å². The summed E-state index contributed by atoms with van der Waals surface area (Å²) in [5, 5.41) is 5.59. The predicted octanol–water partition coefficient (Wildman–Crippen LogP) is 4.24. The highest BCUT2D eigenvalue weighted by atomic mass is 79.9. The van der Waals surface area contributed by atoms with Gasteiger partial charge in [-0.25, -0.2) is 4.98 Å². The summed E-state index contributed by atoms with van der Waals surface area (Å²) in [5.74, 6) is 0.395. The van der Waals surface area contributed by atoms with E-state index in [2.05, 4.69) is 37.3 Å². The fraction of sp³-hybridized carbons (Fsp3) is 0.0667. The fourth-order valence-electron chi connectivity index (χ4n) is 2.09. The maximum absolute atomic E-state index is 6.13. The quantitative estimate of drug-likeness (QED) is 0.683. The van der Waals surface area contributed by atoms with Crippen LogP contribution in [-0.4, -0.2) is 9.97 Å². The van der Waals surface area contributed by atoms with Crippen LogP contribution < -0.4 is 11.1 Å². The average Bonchev–Trinajstić information content (AvgIpc) is 2.51. The molecule has 0 bridgehead atoms. The molecule has 3 aromatic rings. The number of rotatable bonds is 3. The zero-order valence-electron chi connectivity index (χ0n) is 11.0. The van der Waals surface area contributed by atoms with E-state index in [4.69, 9.17) is 17.3 Å². The molecule has 0 saturated carbocycles. The molecule has 0 atom stereocenters. The molecule has 0 aliphatic rings. The number of nitrogens with one attached hydrogen (secondary N) is 1. The van der Waals surface area contributed by atoms with Gasteiger partial charge in [0.25, 0.3) is 0 Å². The second-order valence-electron chi connectivity index (χ2n) is 4.57. The highest BCUT2D eigenvalue weighted by molar-refractivity contribution is 9.10. The Hall–Kier alpha value is -1.85. The van der Waals surface area contributed by atoms with Crippen LogP contribution in [0.3, 0.4) is 0 Å². The fourth-order valence-corrected chi connectivity index (χ4v) is 2.76. The van der Waals surface area contributed by atoms with E-state index in [-0.39, 0.29) is 0 Å². The summed E-state index contributed by atoms with van der Waals surface area (Å²) in [5.41, 5.74) is 7.99. The van der Waals surface area contributed by atoms with Crippen LogP contribution in [0.15, 0.2) is 47.2 Å².